The van der Waals surface area contributed by atoms with E-state index in [0.29, 0.717) is 25.3 Å². The zero-order valence-electron chi connectivity index (χ0n) is 22.7. The van der Waals surface area contributed by atoms with E-state index in [1.807, 2.05) is 43.8 Å². The fourth-order valence-corrected chi connectivity index (χ4v) is 5.67. The average molecular weight is 504 g/mol. The molecule has 2 saturated heterocycles. The van der Waals surface area contributed by atoms with Crippen molar-refractivity contribution in [2.75, 3.05) is 26.7 Å². The lowest BCUT2D eigenvalue weighted by Crippen LogP contribution is -2.56. The topological polar surface area (TPSA) is 106 Å². The van der Waals surface area contributed by atoms with Crippen LogP contribution in [0, 0.1) is 11.3 Å². The molecule has 3 aliphatic rings. The Bertz CT molecular complexity index is 863. The predicted molar refractivity (Wildman–Crippen MR) is 140 cm³/mol. The van der Waals surface area contributed by atoms with E-state index >= 15 is 0 Å². The second-order valence-corrected chi connectivity index (χ2v) is 11.6. The molecule has 0 aromatic carbocycles. The van der Waals surface area contributed by atoms with Crippen LogP contribution >= 0.6 is 0 Å². The van der Waals surface area contributed by atoms with Crippen LogP contribution in [0.1, 0.15) is 72.6 Å². The second-order valence-electron chi connectivity index (χ2n) is 11.6. The quantitative estimate of drug-likeness (QED) is 0.421. The van der Waals surface area contributed by atoms with E-state index in [1.54, 1.807) is 4.90 Å². The fourth-order valence-electron chi connectivity index (χ4n) is 5.67. The minimum absolute atomic E-state index is 0.108. The van der Waals surface area contributed by atoms with Crippen molar-refractivity contribution in [2.45, 2.75) is 96.9 Å². The molecule has 1 saturated carbocycles. The molecule has 2 N–H and O–H groups in total. The summed E-state index contributed by atoms with van der Waals surface area (Å²) < 4.78 is 0. The van der Waals surface area contributed by atoms with Crippen molar-refractivity contribution in [3.8, 4) is 0 Å². The van der Waals surface area contributed by atoms with Crippen molar-refractivity contribution in [3.05, 3.63) is 11.9 Å². The number of nitrogens with zero attached hydrogens (tertiary/aromatic N) is 4. The first-order valence-corrected chi connectivity index (χ1v) is 13.4. The Morgan fingerprint density at radius 3 is 2.56 bits per heavy atom. The second kappa shape index (κ2) is 11.8. The van der Waals surface area contributed by atoms with E-state index in [4.69, 9.17) is 0 Å². The monoisotopic (exact) mass is 503 g/mol. The van der Waals surface area contributed by atoms with Crippen molar-refractivity contribution in [1.82, 2.24) is 20.0 Å². The van der Waals surface area contributed by atoms with Crippen LogP contribution in [-0.2, 0) is 14.4 Å². The Morgan fingerprint density at radius 2 is 2.03 bits per heavy atom. The summed E-state index contributed by atoms with van der Waals surface area (Å²) in [6.45, 7) is 13.1. The number of likely N-dealkylation sites (N-methyl/N-ethyl adjacent to an activating group) is 1. The summed E-state index contributed by atoms with van der Waals surface area (Å²) in [7, 11) is 1.87. The van der Waals surface area contributed by atoms with Crippen LogP contribution in [0.25, 0.3) is 0 Å². The SMILES string of the molecule is C=N/C(=C\N(C)C(C(=O)N1CC(O)CC1C(=O)NCCC(CC)N1CCCC1=O)C(C)(C)C)C1CC1. The van der Waals surface area contributed by atoms with Crippen LogP contribution in [0.15, 0.2) is 16.9 Å². The Balaban J connectivity index is 1.67. The minimum Gasteiger partial charge on any atom is -0.391 e. The molecule has 4 atom stereocenters. The van der Waals surface area contributed by atoms with Gasteiger partial charge in [0.05, 0.1) is 11.8 Å². The Labute approximate surface area is 216 Å². The van der Waals surface area contributed by atoms with E-state index in [9.17, 15) is 19.5 Å². The molecule has 0 spiro atoms. The largest absolute Gasteiger partial charge is 0.391 e. The normalized spacial score (nSPS) is 24.6. The van der Waals surface area contributed by atoms with Crippen molar-refractivity contribution in [1.29, 1.82) is 0 Å². The number of amides is 3. The van der Waals surface area contributed by atoms with Crippen molar-refractivity contribution >= 4 is 24.4 Å². The molecule has 2 heterocycles. The van der Waals surface area contributed by atoms with Gasteiger partial charge in [-0.05, 0) is 44.2 Å². The summed E-state index contributed by atoms with van der Waals surface area (Å²) in [5, 5.41) is 13.4. The molecular formula is C27H45N5O4. The number of allylic oxidation sites excluding steroid dienone is 1. The molecule has 9 nitrogen and oxygen atoms in total. The molecule has 1 aliphatic carbocycles. The zero-order chi connectivity index (χ0) is 26.6. The predicted octanol–water partition coefficient (Wildman–Crippen LogP) is 2.15. The van der Waals surface area contributed by atoms with Gasteiger partial charge in [0.25, 0.3) is 0 Å². The van der Waals surface area contributed by atoms with E-state index in [-0.39, 0.29) is 36.7 Å². The third-order valence-corrected chi connectivity index (χ3v) is 7.64. The highest BCUT2D eigenvalue weighted by atomic mass is 16.3. The number of likely N-dealkylation sites (tertiary alicyclic amines) is 2. The lowest BCUT2D eigenvalue weighted by atomic mass is 9.84. The number of nitrogens with one attached hydrogen (secondary N) is 1. The first kappa shape index (κ1) is 28.2. The minimum atomic E-state index is -0.742. The van der Waals surface area contributed by atoms with Crippen LogP contribution in [0.3, 0.4) is 0 Å². The van der Waals surface area contributed by atoms with E-state index in [0.717, 1.165) is 37.9 Å². The summed E-state index contributed by atoms with van der Waals surface area (Å²) in [5.74, 6) is 0.161. The molecule has 0 radical (unpaired) electrons. The number of β-amino-alcohol motifs (C(OH)–C–C–N with tert-alkyl or cyclic N) is 1. The Hall–Kier alpha value is -2.42. The van der Waals surface area contributed by atoms with Crippen LogP contribution < -0.4 is 5.32 Å². The van der Waals surface area contributed by atoms with Crippen LogP contribution in [0.2, 0.25) is 0 Å². The lowest BCUT2D eigenvalue weighted by molar-refractivity contribution is -0.144. The van der Waals surface area contributed by atoms with Gasteiger partial charge in [-0.25, -0.2) is 0 Å². The molecule has 3 amide bonds. The standard InChI is InChI=1S/C27H45N5O4/c1-7-19(31-14-8-9-23(31)34)12-13-29-25(35)22-15-20(33)16-32(22)26(36)24(27(2,3)4)30(6)17-21(28-5)18-10-11-18/h17-20,22,24,33H,5,7-16H2,1-4,6H3,(H,29,35)/b21-17-. The highest BCUT2D eigenvalue weighted by molar-refractivity contribution is 5.91. The van der Waals surface area contributed by atoms with Gasteiger partial charge in [0.1, 0.15) is 12.1 Å². The number of carbonyl (C=O) groups excluding carboxylic acids is 3. The number of rotatable bonds is 11. The molecule has 3 fully saturated rings. The smallest absolute Gasteiger partial charge is 0.246 e. The van der Waals surface area contributed by atoms with Gasteiger partial charge < -0.3 is 25.1 Å². The van der Waals surface area contributed by atoms with Gasteiger partial charge in [0.2, 0.25) is 17.7 Å². The average Bonchev–Trinajstić information content (AvgIpc) is 3.44. The number of hydrogen-bond acceptors (Lipinski definition) is 6. The third-order valence-electron chi connectivity index (χ3n) is 7.64. The van der Waals surface area contributed by atoms with Gasteiger partial charge in [-0.3, -0.25) is 19.4 Å². The van der Waals surface area contributed by atoms with Gasteiger partial charge in [0, 0.05) is 57.7 Å². The number of aliphatic hydroxyl groups excluding tert-OH is 1. The number of carbonyl (C=O) groups is 3. The zero-order valence-corrected chi connectivity index (χ0v) is 22.7. The summed E-state index contributed by atoms with van der Waals surface area (Å²) >= 11 is 0. The molecular weight excluding hydrogens is 458 g/mol. The number of aliphatic hydroxyl groups is 1. The highest BCUT2D eigenvalue weighted by Gasteiger charge is 2.45. The summed E-state index contributed by atoms with van der Waals surface area (Å²) in [4.78, 5) is 48.7. The molecule has 0 bridgehead atoms. The molecule has 4 unspecified atom stereocenters. The van der Waals surface area contributed by atoms with Crippen molar-refractivity contribution in [3.63, 3.8) is 0 Å². The van der Waals surface area contributed by atoms with Crippen LogP contribution in [0.4, 0.5) is 0 Å². The van der Waals surface area contributed by atoms with Gasteiger partial charge in [-0.15, -0.1) is 0 Å². The first-order valence-electron chi connectivity index (χ1n) is 13.4. The number of aliphatic imine (C=N–C) groups is 1. The summed E-state index contributed by atoms with van der Waals surface area (Å²) in [6, 6.07) is -1.14. The fraction of sp³-hybridized carbons (Fsp3) is 0.778. The van der Waals surface area contributed by atoms with E-state index in [2.05, 4.69) is 24.0 Å². The summed E-state index contributed by atoms with van der Waals surface area (Å²) in [6.07, 6.45) is 6.55. The van der Waals surface area contributed by atoms with Crippen molar-refractivity contribution < 1.29 is 19.5 Å². The molecule has 2 aliphatic heterocycles. The molecule has 9 heteroatoms. The maximum atomic E-state index is 13.9. The maximum Gasteiger partial charge on any atom is 0.246 e. The van der Waals surface area contributed by atoms with E-state index < -0.39 is 23.6 Å². The Morgan fingerprint density at radius 1 is 1.33 bits per heavy atom. The van der Waals surface area contributed by atoms with Gasteiger partial charge in [-0.1, -0.05) is 27.7 Å². The highest BCUT2D eigenvalue weighted by Crippen LogP contribution is 2.38. The summed E-state index contributed by atoms with van der Waals surface area (Å²) in [5.41, 5.74) is 0.473. The maximum absolute atomic E-state index is 13.9. The molecule has 202 valence electrons. The molecule has 0 aromatic heterocycles. The van der Waals surface area contributed by atoms with E-state index in [1.165, 1.54) is 0 Å². The van der Waals surface area contributed by atoms with Gasteiger partial charge >= 0.3 is 0 Å². The van der Waals surface area contributed by atoms with Crippen LogP contribution in [0.5, 0.6) is 0 Å². The van der Waals surface area contributed by atoms with Gasteiger partial charge in [-0.2, -0.15) is 0 Å². The Kier molecular flexibility index (Phi) is 9.19. The third kappa shape index (κ3) is 6.66. The van der Waals surface area contributed by atoms with Crippen LogP contribution in [-0.4, -0.2) is 95.2 Å². The van der Waals surface area contributed by atoms with Gasteiger partial charge in [0.15, 0.2) is 0 Å². The number of hydrogen-bond donors (Lipinski definition) is 2. The first-order chi connectivity index (χ1) is 17.0. The van der Waals surface area contributed by atoms with Crippen molar-refractivity contribution in [2.24, 2.45) is 16.3 Å². The molecule has 0 aromatic rings. The molecule has 36 heavy (non-hydrogen) atoms. The lowest BCUT2D eigenvalue weighted by Gasteiger charge is -2.40. The molecule has 3 rings (SSSR count).